The number of methoxy groups -OCH3 is 1. The maximum atomic E-state index is 13.6. The summed E-state index contributed by atoms with van der Waals surface area (Å²) >= 11 is 0. The average molecular weight is 728 g/mol. The second-order valence-corrected chi connectivity index (χ2v) is 15.8. The van der Waals surface area contributed by atoms with Crippen molar-refractivity contribution < 1.29 is 23.5 Å². The number of aliphatic imine (C=N–C) groups is 2. The largest absolute Gasteiger partial charge is 0.467 e. The summed E-state index contributed by atoms with van der Waals surface area (Å²) in [6.07, 6.45) is 11.7. The van der Waals surface area contributed by atoms with E-state index in [-0.39, 0.29) is 35.6 Å². The van der Waals surface area contributed by atoms with Gasteiger partial charge < -0.3 is 24.7 Å². The molecule has 2 aromatic carbocycles. The lowest BCUT2D eigenvalue weighted by atomic mass is 9.75. The van der Waals surface area contributed by atoms with Crippen molar-refractivity contribution in [2.75, 3.05) is 13.7 Å². The van der Waals surface area contributed by atoms with Gasteiger partial charge in [-0.3, -0.25) is 19.6 Å². The Kier molecular flexibility index (Phi) is 10.1. The fourth-order valence-corrected chi connectivity index (χ4v) is 9.52. The number of hydrogen-bond donors (Lipinski definition) is 2. The van der Waals surface area contributed by atoms with E-state index in [0.29, 0.717) is 31.3 Å². The highest BCUT2D eigenvalue weighted by molar-refractivity contribution is 6.04. The molecular formula is C44H49N5O5. The van der Waals surface area contributed by atoms with Gasteiger partial charge >= 0.3 is 6.09 Å². The van der Waals surface area contributed by atoms with Crippen molar-refractivity contribution in [1.29, 1.82) is 0 Å². The number of benzene rings is 2. The maximum Gasteiger partial charge on any atom is 0.407 e. The van der Waals surface area contributed by atoms with E-state index >= 15 is 0 Å². The highest BCUT2D eigenvalue weighted by Gasteiger charge is 2.52. The SMILES string of the molecule is COC(=O)N[C@H](C(=O)N1CCC[C@H]1C1=NC=C(c2ccc(-c3ccc(C4=CN=C([C@@H]5C6CCC(C6)C5C(=O)NCc5ccco5)C4)cc3)cc2)C1)C(C)C. The summed E-state index contributed by atoms with van der Waals surface area (Å²) < 4.78 is 10.2. The van der Waals surface area contributed by atoms with E-state index in [1.807, 2.05) is 43.3 Å². The zero-order chi connectivity index (χ0) is 37.3. The highest BCUT2D eigenvalue weighted by atomic mass is 16.5. The van der Waals surface area contributed by atoms with Crippen LogP contribution in [0, 0.1) is 29.6 Å². The first kappa shape index (κ1) is 35.8. The Morgan fingerprint density at radius 2 is 1.48 bits per heavy atom. The van der Waals surface area contributed by atoms with Gasteiger partial charge in [-0.1, -0.05) is 62.4 Å². The number of amides is 3. The van der Waals surface area contributed by atoms with Crippen LogP contribution in [0.1, 0.15) is 75.7 Å². The summed E-state index contributed by atoms with van der Waals surface area (Å²) in [7, 11) is 1.31. The number of rotatable bonds is 11. The lowest BCUT2D eigenvalue weighted by molar-refractivity contribution is -0.134. The van der Waals surface area contributed by atoms with E-state index in [1.54, 1.807) is 6.26 Å². The smallest absolute Gasteiger partial charge is 0.407 e. The van der Waals surface area contributed by atoms with E-state index < -0.39 is 12.1 Å². The first-order valence-corrected chi connectivity index (χ1v) is 19.4. The van der Waals surface area contributed by atoms with E-state index in [1.165, 1.54) is 19.1 Å². The van der Waals surface area contributed by atoms with E-state index in [0.717, 1.165) is 77.1 Å². The minimum Gasteiger partial charge on any atom is -0.467 e. The van der Waals surface area contributed by atoms with Crippen molar-refractivity contribution in [1.82, 2.24) is 15.5 Å². The van der Waals surface area contributed by atoms with Crippen LogP contribution >= 0.6 is 0 Å². The summed E-state index contributed by atoms with van der Waals surface area (Å²) in [5.41, 5.74) is 9.05. The van der Waals surface area contributed by atoms with E-state index in [2.05, 4.69) is 59.2 Å². The molecule has 0 spiro atoms. The first-order chi connectivity index (χ1) is 26.3. The molecule has 4 heterocycles. The molecule has 3 aliphatic heterocycles. The molecule has 10 nitrogen and oxygen atoms in total. The number of furan rings is 1. The predicted octanol–water partition coefficient (Wildman–Crippen LogP) is 7.67. The van der Waals surface area contributed by atoms with Gasteiger partial charge in [0, 0.05) is 55.0 Å². The number of nitrogens with zero attached hydrogens (tertiary/aromatic N) is 3. The lowest BCUT2D eigenvalue weighted by Gasteiger charge is -2.31. The molecule has 6 atom stereocenters. The summed E-state index contributed by atoms with van der Waals surface area (Å²) in [6, 6.07) is 20.3. The Bertz CT molecular complexity index is 2010. The minimum atomic E-state index is -0.645. The molecule has 2 saturated carbocycles. The van der Waals surface area contributed by atoms with Crippen LogP contribution in [0.25, 0.3) is 22.3 Å². The quantitative estimate of drug-likeness (QED) is 0.210. The Labute approximate surface area is 316 Å². The fraction of sp³-hybridized carbons (Fsp3) is 0.432. The molecule has 3 amide bonds. The molecule has 2 N–H and O–H groups in total. The number of nitrogens with one attached hydrogen (secondary N) is 2. The Morgan fingerprint density at radius 3 is 2.11 bits per heavy atom. The second-order valence-electron chi connectivity index (χ2n) is 15.8. The van der Waals surface area contributed by atoms with Crippen LogP contribution in [0.2, 0.25) is 0 Å². The Morgan fingerprint density at radius 1 is 0.852 bits per heavy atom. The number of carbonyl (C=O) groups excluding carboxylic acids is 3. The number of ether oxygens (including phenoxy) is 1. The van der Waals surface area contributed by atoms with E-state index in [9.17, 15) is 14.4 Å². The summed E-state index contributed by atoms with van der Waals surface area (Å²) in [5.74, 6) is 1.90. The van der Waals surface area contributed by atoms with Gasteiger partial charge in [-0.25, -0.2) is 4.79 Å². The van der Waals surface area contributed by atoms with Gasteiger partial charge in [0.2, 0.25) is 11.8 Å². The molecule has 1 saturated heterocycles. The van der Waals surface area contributed by atoms with Gasteiger partial charge in [0.25, 0.3) is 0 Å². The molecular weight excluding hydrogens is 679 g/mol. The third-order valence-electron chi connectivity index (χ3n) is 12.3. The molecule has 2 bridgehead atoms. The van der Waals surface area contributed by atoms with Crippen molar-refractivity contribution in [3.63, 3.8) is 0 Å². The van der Waals surface area contributed by atoms with Gasteiger partial charge in [-0.05, 0) is 95.4 Å². The molecule has 280 valence electrons. The topological polar surface area (TPSA) is 126 Å². The van der Waals surface area contributed by atoms with Crippen LogP contribution in [-0.2, 0) is 20.9 Å². The average Bonchev–Trinajstić information content (AvgIpc) is 4.05. The normalized spacial score (nSPS) is 25.0. The molecule has 10 heteroatoms. The van der Waals surface area contributed by atoms with Gasteiger partial charge in [0.1, 0.15) is 11.8 Å². The lowest BCUT2D eigenvalue weighted by Crippen LogP contribution is -2.53. The maximum absolute atomic E-state index is 13.6. The number of likely N-dealkylation sites (tertiary alicyclic amines) is 1. The number of allylic oxidation sites excluding steroid dienone is 2. The summed E-state index contributed by atoms with van der Waals surface area (Å²) in [5, 5.41) is 5.87. The monoisotopic (exact) mass is 727 g/mol. The fourth-order valence-electron chi connectivity index (χ4n) is 9.52. The van der Waals surface area contributed by atoms with Crippen molar-refractivity contribution >= 4 is 40.5 Å². The predicted molar refractivity (Wildman–Crippen MR) is 209 cm³/mol. The zero-order valence-electron chi connectivity index (χ0n) is 31.3. The summed E-state index contributed by atoms with van der Waals surface area (Å²) in [6.45, 7) is 4.93. The molecule has 1 aromatic heterocycles. The van der Waals surface area contributed by atoms with E-state index in [4.69, 9.17) is 19.1 Å². The van der Waals surface area contributed by atoms with Gasteiger partial charge in [0.05, 0.1) is 26.0 Å². The van der Waals surface area contributed by atoms with Crippen molar-refractivity contribution in [3.05, 3.63) is 96.2 Å². The Balaban J connectivity index is 0.864. The first-order valence-electron chi connectivity index (χ1n) is 19.4. The molecule has 2 aliphatic carbocycles. The van der Waals surface area contributed by atoms with Crippen molar-refractivity contribution in [2.24, 2.45) is 39.6 Å². The highest BCUT2D eigenvalue weighted by Crippen LogP contribution is 2.54. The zero-order valence-corrected chi connectivity index (χ0v) is 31.3. The van der Waals surface area contributed by atoms with Crippen LogP contribution in [0.5, 0.6) is 0 Å². The number of hydrogen-bond acceptors (Lipinski definition) is 7. The van der Waals surface area contributed by atoms with Crippen LogP contribution in [-0.4, -0.2) is 60.0 Å². The third-order valence-corrected chi connectivity index (χ3v) is 12.3. The molecule has 8 rings (SSSR count). The van der Waals surface area contributed by atoms with Crippen LogP contribution < -0.4 is 10.6 Å². The molecule has 3 aromatic rings. The van der Waals surface area contributed by atoms with Crippen LogP contribution in [0.15, 0.2) is 93.7 Å². The molecule has 3 fully saturated rings. The number of carbonyl (C=O) groups is 3. The number of alkyl carbamates (subject to hydrolysis) is 1. The third kappa shape index (κ3) is 7.06. The van der Waals surface area contributed by atoms with Gasteiger partial charge in [-0.15, -0.1) is 0 Å². The van der Waals surface area contributed by atoms with Crippen LogP contribution in [0.3, 0.4) is 0 Å². The summed E-state index contributed by atoms with van der Waals surface area (Å²) in [4.78, 5) is 50.6. The Hall–Kier alpha value is -5.25. The molecule has 0 radical (unpaired) electrons. The van der Waals surface area contributed by atoms with Gasteiger partial charge in [0.15, 0.2) is 0 Å². The minimum absolute atomic E-state index is 0.0189. The second kappa shape index (κ2) is 15.2. The standard InChI is InChI=1S/C44H49N5O5/c1-26(2)41(48-44(52)53-3)43(51)49-18-4-7-38(49)36-21-33(23-45-36)29-12-8-27(9-13-29)28-10-14-30(15-11-28)34-22-37(46-24-34)39-31-16-17-32(20-31)40(39)42(50)47-25-35-6-5-19-54-35/h5-6,8-15,19,23-24,26,31-32,38-41H,4,7,16-18,20-22,25H2,1-3H3,(H,47,50)(H,48,52)/t31?,32?,38-,39-,40?,41-/m0/s1. The molecule has 54 heavy (non-hydrogen) atoms. The van der Waals surface area contributed by atoms with Crippen LogP contribution in [0.4, 0.5) is 4.79 Å². The van der Waals surface area contributed by atoms with Gasteiger partial charge in [-0.2, -0.15) is 0 Å². The number of fused-ring (bicyclic) bond motifs is 2. The van der Waals surface area contributed by atoms with Crippen molar-refractivity contribution in [2.45, 2.75) is 77.4 Å². The van der Waals surface area contributed by atoms with Crippen molar-refractivity contribution in [3.8, 4) is 11.1 Å². The molecule has 3 unspecified atom stereocenters. The molecule has 5 aliphatic rings.